The molecule has 11 heteroatoms. The fraction of sp³-hybridized carbons (Fsp3) is 0.429. The van der Waals surface area contributed by atoms with Crippen LogP contribution in [0.5, 0.6) is 0 Å². The predicted octanol–water partition coefficient (Wildman–Crippen LogP) is 2.00. The molecule has 1 aliphatic carbocycles. The van der Waals surface area contributed by atoms with E-state index in [9.17, 15) is 15.2 Å². The Morgan fingerprint density at radius 3 is 2.97 bits per heavy atom. The van der Waals surface area contributed by atoms with Gasteiger partial charge in [0.15, 0.2) is 5.69 Å². The SMILES string of the molecule is O=C(NC1CCCCC1)N1Cc2[nH]cnc2C[C@H]1c1nc(-c2cccc([NH+]([O-])O)c2)no1. The normalized spacial score (nSPS) is 20.1. The van der Waals surface area contributed by atoms with Gasteiger partial charge in [-0.2, -0.15) is 10.2 Å². The maximum absolute atomic E-state index is 13.2. The number of hydrogen-bond acceptors (Lipinski definition) is 7. The minimum Gasteiger partial charge on any atom is -0.595 e. The van der Waals surface area contributed by atoms with Gasteiger partial charge in [-0.05, 0) is 12.8 Å². The molecule has 2 aromatic heterocycles. The summed E-state index contributed by atoms with van der Waals surface area (Å²) in [6.45, 7) is 0.366. The zero-order valence-electron chi connectivity index (χ0n) is 17.5. The van der Waals surface area contributed by atoms with Crippen LogP contribution in [0.3, 0.4) is 0 Å². The average molecular weight is 439 g/mol. The number of carbonyl (C=O) groups excluding carboxylic acids is 1. The van der Waals surface area contributed by atoms with Crippen molar-refractivity contribution >= 4 is 11.7 Å². The van der Waals surface area contributed by atoms with Crippen LogP contribution in [0.15, 0.2) is 35.1 Å². The van der Waals surface area contributed by atoms with E-state index in [1.807, 2.05) is 0 Å². The van der Waals surface area contributed by atoms with Crippen molar-refractivity contribution in [1.29, 1.82) is 0 Å². The van der Waals surface area contributed by atoms with E-state index < -0.39 is 11.3 Å². The number of rotatable bonds is 4. The Bertz CT molecular complexity index is 1090. The molecule has 3 heterocycles. The number of nitrogens with zero attached hydrogens (tertiary/aromatic N) is 4. The van der Waals surface area contributed by atoms with E-state index in [0.717, 1.165) is 37.1 Å². The first-order chi connectivity index (χ1) is 15.6. The van der Waals surface area contributed by atoms with Gasteiger partial charge in [-0.1, -0.05) is 36.6 Å². The summed E-state index contributed by atoms with van der Waals surface area (Å²) < 4.78 is 5.55. The van der Waals surface area contributed by atoms with E-state index in [0.29, 0.717) is 24.4 Å². The molecule has 2 amide bonds. The van der Waals surface area contributed by atoms with Gasteiger partial charge in [0.2, 0.25) is 11.7 Å². The van der Waals surface area contributed by atoms with Gasteiger partial charge in [0, 0.05) is 30.2 Å². The molecule has 0 saturated heterocycles. The van der Waals surface area contributed by atoms with Gasteiger partial charge >= 0.3 is 6.03 Å². The first-order valence-corrected chi connectivity index (χ1v) is 10.8. The van der Waals surface area contributed by atoms with E-state index in [4.69, 9.17) is 4.52 Å². The van der Waals surface area contributed by atoms with E-state index in [2.05, 4.69) is 25.4 Å². The van der Waals surface area contributed by atoms with Crippen molar-refractivity contribution in [3.63, 3.8) is 0 Å². The number of carbonyl (C=O) groups is 1. The lowest BCUT2D eigenvalue weighted by Crippen LogP contribution is -2.99. The molecule has 1 unspecified atom stereocenters. The molecule has 1 saturated carbocycles. The number of aromatic nitrogens is 4. The molecule has 2 atom stereocenters. The van der Waals surface area contributed by atoms with E-state index >= 15 is 0 Å². The fourth-order valence-electron chi connectivity index (χ4n) is 4.45. The molecular weight excluding hydrogens is 414 g/mol. The maximum Gasteiger partial charge on any atom is 0.318 e. The quantitative estimate of drug-likeness (QED) is 0.455. The van der Waals surface area contributed by atoms with Crippen molar-refractivity contribution in [1.82, 2.24) is 30.3 Å². The number of fused-ring (bicyclic) bond motifs is 1. The number of nitrogens with one attached hydrogen (secondary N) is 3. The third-order valence-electron chi connectivity index (χ3n) is 6.19. The van der Waals surface area contributed by atoms with Crippen molar-refractivity contribution in [2.75, 3.05) is 0 Å². The molecule has 0 spiro atoms. The first-order valence-electron chi connectivity index (χ1n) is 10.8. The maximum atomic E-state index is 13.2. The number of urea groups is 1. The van der Waals surface area contributed by atoms with Crippen LogP contribution in [-0.2, 0) is 13.0 Å². The molecule has 1 fully saturated rings. The third kappa shape index (κ3) is 4.09. The molecule has 0 bridgehead atoms. The van der Waals surface area contributed by atoms with Crippen molar-refractivity contribution in [2.45, 2.75) is 57.2 Å². The molecule has 5 rings (SSSR count). The molecular formula is C21H25N7O4. The van der Waals surface area contributed by atoms with Crippen LogP contribution < -0.4 is 10.5 Å². The van der Waals surface area contributed by atoms with Gasteiger partial charge in [0.1, 0.15) is 6.04 Å². The van der Waals surface area contributed by atoms with Gasteiger partial charge in [-0.25, -0.2) is 15.0 Å². The smallest absolute Gasteiger partial charge is 0.318 e. The number of aromatic amines is 1. The van der Waals surface area contributed by atoms with Gasteiger partial charge in [0.05, 0.1) is 24.3 Å². The Kier molecular flexibility index (Phi) is 5.60. The average Bonchev–Trinajstić information content (AvgIpc) is 3.48. The van der Waals surface area contributed by atoms with Crippen LogP contribution in [0.25, 0.3) is 11.4 Å². The minimum absolute atomic E-state index is 0.140. The van der Waals surface area contributed by atoms with Crippen molar-refractivity contribution in [2.24, 2.45) is 0 Å². The summed E-state index contributed by atoms with van der Waals surface area (Å²) in [5, 5.41) is 26.7. The third-order valence-corrected chi connectivity index (χ3v) is 6.19. The summed E-state index contributed by atoms with van der Waals surface area (Å²) in [5.74, 6) is 0.580. The Morgan fingerprint density at radius 1 is 1.31 bits per heavy atom. The Labute approximate surface area is 184 Å². The zero-order valence-corrected chi connectivity index (χ0v) is 17.5. The van der Waals surface area contributed by atoms with Crippen LogP contribution in [0.4, 0.5) is 10.5 Å². The molecule has 1 aliphatic heterocycles. The second kappa shape index (κ2) is 8.69. The number of imidazole rings is 1. The molecule has 1 aromatic carbocycles. The number of benzene rings is 1. The second-order valence-electron chi connectivity index (χ2n) is 8.30. The van der Waals surface area contributed by atoms with Gasteiger partial charge < -0.3 is 24.9 Å². The van der Waals surface area contributed by atoms with Crippen LogP contribution >= 0.6 is 0 Å². The topological polar surface area (TPSA) is 148 Å². The van der Waals surface area contributed by atoms with Crippen molar-refractivity contribution < 1.29 is 19.8 Å². The summed E-state index contributed by atoms with van der Waals surface area (Å²) in [4.78, 5) is 26.9. The summed E-state index contributed by atoms with van der Waals surface area (Å²) in [5.41, 5.74) is 2.44. The molecule has 11 nitrogen and oxygen atoms in total. The highest BCUT2D eigenvalue weighted by Crippen LogP contribution is 2.32. The van der Waals surface area contributed by atoms with Gasteiger partial charge in [-0.3, -0.25) is 0 Å². The van der Waals surface area contributed by atoms with E-state index in [-0.39, 0.29) is 23.6 Å². The number of amides is 2. The summed E-state index contributed by atoms with van der Waals surface area (Å²) in [6, 6.07) is 5.92. The summed E-state index contributed by atoms with van der Waals surface area (Å²) in [6.07, 6.45) is 7.52. The fourth-order valence-corrected chi connectivity index (χ4v) is 4.45. The Balaban J connectivity index is 1.41. The predicted molar refractivity (Wildman–Crippen MR) is 111 cm³/mol. The van der Waals surface area contributed by atoms with Crippen LogP contribution in [0.1, 0.15) is 55.4 Å². The van der Waals surface area contributed by atoms with E-state index in [1.165, 1.54) is 18.6 Å². The lowest BCUT2D eigenvalue weighted by Gasteiger charge is -2.34. The summed E-state index contributed by atoms with van der Waals surface area (Å²) in [7, 11) is 0. The molecule has 0 radical (unpaired) electrons. The highest BCUT2D eigenvalue weighted by Gasteiger charge is 2.37. The second-order valence-corrected chi connectivity index (χ2v) is 8.30. The number of H-pyrrole nitrogens is 1. The van der Waals surface area contributed by atoms with Crippen LogP contribution in [0.2, 0.25) is 0 Å². The van der Waals surface area contributed by atoms with E-state index in [1.54, 1.807) is 23.4 Å². The van der Waals surface area contributed by atoms with Gasteiger partial charge in [-0.15, -0.1) is 0 Å². The monoisotopic (exact) mass is 439 g/mol. The molecule has 168 valence electrons. The lowest BCUT2D eigenvalue weighted by atomic mass is 9.95. The first kappa shape index (κ1) is 20.6. The molecule has 32 heavy (non-hydrogen) atoms. The zero-order chi connectivity index (χ0) is 22.1. The lowest BCUT2D eigenvalue weighted by molar-refractivity contribution is -0.991. The van der Waals surface area contributed by atoms with Crippen LogP contribution in [0, 0.1) is 5.21 Å². The Hall–Kier alpha value is -3.28. The summed E-state index contributed by atoms with van der Waals surface area (Å²) >= 11 is 0. The minimum atomic E-state index is -1.03. The Morgan fingerprint density at radius 2 is 2.16 bits per heavy atom. The van der Waals surface area contributed by atoms with Gasteiger partial charge in [0.25, 0.3) is 0 Å². The van der Waals surface area contributed by atoms with Crippen molar-refractivity contribution in [3.05, 3.63) is 53.1 Å². The highest BCUT2D eigenvalue weighted by atomic mass is 16.8. The molecule has 4 N–H and O–H groups in total. The standard InChI is InChI=1S/C21H25N7O4/c29-21(24-14-6-2-1-3-7-14)27-11-17-16(22-12-23-17)10-18(27)20-25-19(26-32-20)13-5-4-8-15(9-13)28(30)31/h4-5,8-9,12,14,18,28,30H,1-3,6-7,10-11H2,(H,22,23)(H,24,29)/t18-/m0/s1. The highest BCUT2D eigenvalue weighted by molar-refractivity contribution is 5.75. The molecule has 3 aromatic rings. The molecule has 2 aliphatic rings. The van der Waals surface area contributed by atoms with Crippen LogP contribution in [-0.4, -0.2) is 42.3 Å². The largest absolute Gasteiger partial charge is 0.595 e. The number of quaternary nitrogens is 1. The van der Waals surface area contributed by atoms with Crippen molar-refractivity contribution in [3.8, 4) is 11.4 Å². The number of hydrogen-bond donors (Lipinski definition) is 4.